The zero-order valence-electron chi connectivity index (χ0n) is 12.2. The van der Waals surface area contributed by atoms with Gasteiger partial charge in [-0.05, 0) is 51.3 Å². The van der Waals surface area contributed by atoms with Crippen LogP contribution in [0.15, 0.2) is 35.7 Å². The first-order valence-corrected chi connectivity index (χ1v) is 7.63. The second-order valence-corrected chi connectivity index (χ2v) is 6.96. The molecule has 0 saturated carbocycles. The van der Waals surface area contributed by atoms with E-state index in [4.69, 9.17) is 9.31 Å². The fraction of sp³-hybridized carbons (Fsp3) is 0.400. The second-order valence-electron chi connectivity index (χ2n) is 6.01. The maximum absolute atomic E-state index is 6.04. The SMILES string of the molecule is CC1(C)OB(c2cccc(-c3cccs3)n2)OC1(C)C. The summed E-state index contributed by atoms with van der Waals surface area (Å²) in [5.41, 5.74) is 1.12. The largest absolute Gasteiger partial charge is 0.514 e. The number of pyridine rings is 1. The number of hydrogen-bond acceptors (Lipinski definition) is 4. The molecule has 0 bridgehead atoms. The Morgan fingerprint density at radius 3 is 2.30 bits per heavy atom. The first kappa shape index (κ1) is 13.8. The van der Waals surface area contributed by atoms with Crippen LogP contribution in [0.5, 0.6) is 0 Å². The lowest BCUT2D eigenvalue weighted by molar-refractivity contribution is 0.00578. The van der Waals surface area contributed by atoms with Gasteiger partial charge in [-0.2, -0.15) is 0 Å². The highest BCUT2D eigenvalue weighted by atomic mass is 32.1. The van der Waals surface area contributed by atoms with E-state index in [0.29, 0.717) is 0 Å². The van der Waals surface area contributed by atoms with Crippen molar-refractivity contribution in [2.75, 3.05) is 0 Å². The van der Waals surface area contributed by atoms with Gasteiger partial charge in [-0.3, -0.25) is 4.98 Å². The number of thiophene rings is 1. The van der Waals surface area contributed by atoms with Crippen LogP contribution in [0.3, 0.4) is 0 Å². The Hall–Kier alpha value is -1.17. The van der Waals surface area contributed by atoms with E-state index in [1.165, 1.54) is 0 Å². The van der Waals surface area contributed by atoms with Crippen LogP contribution in [-0.4, -0.2) is 23.3 Å². The Bertz CT molecular complexity index is 594. The monoisotopic (exact) mass is 287 g/mol. The lowest BCUT2D eigenvalue weighted by Gasteiger charge is -2.32. The summed E-state index contributed by atoms with van der Waals surface area (Å²) in [7, 11) is -0.403. The van der Waals surface area contributed by atoms with Crippen molar-refractivity contribution in [1.29, 1.82) is 0 Å². The van der Waals surface area contributed by atoms with Crippen LogP contribution in [0.2, 0.25) is 0 Å². The van der Waals surface area contributed by atoms with Crippen LogP contribution >= 0.6 is 11.3 Å². The molecule has 1 saturated heterocycles. The number of hydrogen-bond donors (Lipinski definition) is 0. The first-order chi connectivity index (χ1) is 9.39. The summed E-state index contributed by atoms with van der Waals surface area (Å²) in [6, 6.07) is 10.1. The first-order valence-electron chi connectivity index (χ1n) is 6.75. The average molecular weight is 287 g/mol. The summed E-state index contributed by atoms with van der Waals surface area (Å²) < 4.78 is 12.1. The highest BCUT2D eigenvalue weighted by Gasteiger charge is 2.52. The van der Waals surface area contributed by atoms with Crippen molar-refractivity contribution >= 4 is 24.0 Å². The molecule has 20 heavy (non-hydrogen) atoms. The fourth-order valence-electron chi connectivity index (χ4n) is 2.11. The van der Waals surface area contributed by atoms with Crippen molar-refractivity contribution in [3.8, 4) is 10.6 Å². The standard InChI is InChI=1S/C15H18BNO2S/c1-14(2)15(3,4)19-16(18-14)13-9-5-7-11(17-13)12-8-6-10-20-12/h5-10H,1-4H3. The van der Waals surface area contributed by atoms with Gasteiger partial charge in [0, 0.05) is 0 Å². The number of nitrogens with zero attached hydrogens (tertiary/aromatic N) is 1. The molecule has 0 aromatic carbocycles. The van der Waals surface area contributed by atoms with Gasteiger partial charge in [-0.1, -0.05) is 12.1 Å². The predicted molar refractivity (Wildman–Crippen MR) is 83.3 cm³/mol. The maximum Gasteiger partial charge on any atom is 0.514 e. The number of rotatable bonds is 2. The molecule has 3 heterocycles. The van der Waals surface area contributed by atoms with Crippen molar-refractivity contribution in [3.63, 3.8) is 0 Å². The van der Waals surface area contributed by atoms with Crippen LogP contribution in [0.1, 0.15) is 27.7 Å². The maximum atomic E-state index is 6.04. The summed E-state index contributed by atoms with van der Waals surface area (Å²) in [5, 5.41) is 2.05. The molecule has 3 rings (SSSR count). The normalized spacial score (nSPS) is 20.3. The van der Waals surface area contributed by atoms with Crippen molar-refractivity contribution in [3.05, 3.63) is 35.7 Å². The van der Waals surface area contributed by atoms with Gasteiger partial charge in [-0.15, -0.1) is 11.3 Å². The highest BCUT2D eigenvalue weighted by molar-refractivity contribution is 7.13. The van der Waals surface area contributed by atoms with E-state index in [-0.39, 0.29) is 11.2 Å². The molecule has 0 N–H and O–H groups in total. The Morgan fingerprint density at radius 1 is 1.00 bits per heavy atom. The summed E-state index contributed by atoms with van der Waals surface area (Å²) in [6.45, 7) is 8.21. The second kappa shape index (κ2) is 4.69. The topological polar surface area (TPSA) is 31.4 Å². The van der Waals surface area contributed by atoms with Gasteiger partial charge in [0.25, 0.3) is 0 Å². The van der Waals surface area contributed by atoms with Crippen LogP contribution in [0, 0.1) is 0 Å². The molecule has 0 spiro atoms. The molecule has 104 valence electrons. The third kappa shape index (κ3) is 2.30. The molecule has 0 amide bonds. The highest BCUT2D eigenvalue weighted by Crippen LogP contribution is 2.36. The van der Waals surface area contributed by atoms with Gasteiger partial charge >= 0.3 is 7.12 Å². The molecule has 1 aliphatic heterocycles. The van der Waals surface area contributed by atoms with Gasteiger partial charge in [0.15, 0.2) is 0 Å². The molecule has 2 aromatic rings. The minimum Gasteiger partial charge on any atom is -0.398 e. The van der Waals surface area contributed by atoms with Gasteiger partial charge in [0.1, 0.15) is 0 Å². The Labute approximate surface area is 124 Å². The quantitative estimate of drug-likeness (QED) is 0.795. The molecule has 0 aliphatic carbocycles. The summed E-state index contributed by atoms with van der Waals surface area (Å²) >= 11 is 1.68. The van der Waals surface area contributed by atoms with E-state index in [2.05, 4.69) is 44.1 Å². The Balaban J connectivity index is 1.91. The minimum atomic E-state index is -0.403. The molecule has 1 aliphatic rings. The molecule has 0 atom stereocenters. The lowest BCUT2D eigenvalue weighted by Crippen LogP contribution is -2.41. The molecule has 5 heteroatoms. The van der Waals surface area contributed by atoms with Crippen LogP contribution in [-0.2, 0) is 9.31 Å². The Morgan fingerprint density at radius 2 is 1.70 bits per heavy atom. The van der Waals surface area contributed by atoms with Gasteiger partial charge in [-0.25, -0.2) is 0 Å². The van der Waals surface area contributed by atoms with Crippen molar-refractivity contribution < 1.29 is 9.31 Å². The molecule has 3 nitrogen and oxygen atoms in total. The molecule has 0 unspecified atom stereocenters. The van der Waals surface area contributed by atoms with Crippen molar-refractivity contribution in [2.24, 2.45) is 0 Å². The number of aromatic nitrogens is 1. The fourth-order valence-corrected chi connectivity index (χ4v) is 2.80. The molecular weight excluding hydrogens is 269 g/mol. The average Bonchev–Trinajstić information content (AvgIpc) is 2.97. The van der Waals surface area contributed by atoms with Crippen LogP contribution in [0.4, 0.5) is 0 Å². The van der Waals surface area contributed by atoms with Crippen LogP contribution < -0.4 is 5.59 Å². The zero-order chi connectivity index (χ0) is 14.4. The summed E-state index contributed by atoms with van der Waals surface area (Å²) in [6.07, 6.45) is 0. The third-order valence-electron chi connectivity index (χ3n) is 4.04. The van der Waals surface area contributed by atoms with E-state index in [1.807, 2.05) is 24.3 Å². The lowest BCUT2D eigenvalue weighted by atomic mass is 9.84. The van der Waals surface area contributed by atoms with Gasteiger partial charge in [0.2, 0.25) is 0 Å². The smallest absolute Gasteiger partial charge is 0.398 e. The molecule has 2 aromatic heterocycles. The van der Waals surface area contributed by atoms with Crippen molar-refractivity contribution in [1.82, 2.24) is 4.98 Å². The summed E-state index contributed by atoms with van der Waals surface area (Å²) in [4.78, 5) is 5.84. The van der Waals surface area contributed by atoms with E-state index >= 15 is 0 Å². The van der Waals surface area contributed by atoms with E-state index in [1.54, 1.807) is 11.3 Å². The Kier molecular flexibility index (Phi) is 3.24. The zero-order valence-corrected chi connectivity index (χ0v) is 13.0. The van der Waals surface area contributed by atoms with Gasteiger partial charge in [0.05, 0.1) is 27.4 Å². The predicted octanol–water partition coefficient (Wildman–Crippen LogP) is 3.11. The van der Waals surface area contributed by atoms with E-state index in [9.17, 15) is 0 Å². The van der Waals surface area contributed by atoms with Crippen LogP contribution in [0.25, 0.3) is 10.6 Å². The van der Waals surface area contributed by atoms with Gasteiger partial charge < -0.3 is 9.31 Å². The molecule has 0 radical (unpaired) electrons. The minimum absolute atomic E-state index is 0.335. The van der Waals surface area contributed by atoms with E-state index in [0.717, 1.165) is 16.2 Å². The van der Waals surface area contributed by atoms with E-state index < -0.39 is 7.12 Å². The van der Waals surface area contributed by atoms with Crippen molar-refractivity contribution in [2.45, 2.75) is 38.9 Å². The molecular formula is C15H18BNO2S. The third-order valence-corrected chi connectivity index (χ3v) is 4.93. The molecule has 1 fully saturated rings. The summed E-state index contributed by atoms with van der Waals surface area (Å²) in [5.74, 6) is 0.